The lowest BCUT2D eigenvalue weighted by molar-refractivity contribution is -0.128. The Bertz CT molecular complexity index is 894. The van der Waals surface area contributed by atoms with Crippen LogP contribution in [0.2, 0.25) is 0 Å². The van der Waals surface area contributed by atoms with Gasteiger partial charge in [-0.15, -0.1) is 0 Å². The van der Waals surface area contributed by atoms with Gasteiger partial charge in [-0.1, -0.05) is 6.07 Å². The summed E-state index contributed by atoms with van der Waals surface area (Å²) in [5.41, 5.74) is 1.89. The van der Waals surface area contributed by atoms with Gasteiger partial charge in [-0.25, -0.2) is 0 Å². The zero-order valence-electron chi connectivity index (χ0n) is 16.3. The molecule has 2 saturated carbocycles. The Morgan fingerprint density at radius 3 is 2.79 bits per heavy atom. The van der Waals surface area contributed by atoms with Crippen LogP contribution >= 0.6 is 0 Å². The maximum atomic E-state index is 12.9. The zero-order chi connectivity index (χ0) is 19.1. The van der Waals surface area contributed by atoms with Crippen molar-refractivity contribution in [1.82, 2.24) is 10.2 Å². The fourth-order valence-electron chi connectivity index (χ4n) is 7.14. The number of benzene rings is 1. The Morgan fingerprint density at radius 1 is 1.18 bits per heavy atom. The summed E-state index contributed by atoms with van der Waals surface area (Å²) in [6.07, 6.45) is 7.25. The molecule has 3 atom stereocenters. The van der Waals surface area contributed by atoms with Crippen LogP contribution in [0.4, 0.5) is 0 Å². The number of phenols is 1. The molecule has 2 saturated heterocycles. The highest BCUT2D eigenvalue weighted by Gasteiger charge is 2.67. The Kier molecular flexibility index (Phi) is 3.27. The number of Topliss-reactive ketones (excluding diaryl/α,β-unsaturated/α-hetero) is 1. The minimum atomic E-state index is -0.688. The van der Waals surface area contributed by atoms with Gasteiger partial charge in [-0.05, 0) is 86.1 Å². The molecule has 3 aliphatic carbocycles. The lowest BCUT2D eigenvalue weighted by Crippen LogP contribution is -2.65. The molecular weight excluding hydrogens is 352 g/mol. The lowest BCUT2D eigenvalue weighted by Gasteiger charge is -2.60. The average Bonchev–Trinajstić information content (AvgIpc) is 3.36. The first kappa shape index (κ1) is 17.0. The molecule has 6 rings (SSSR count). The normalized spacial score (nSPS) is 39.6. The first-order valence-electron chi connectivity index (χ1n) is 10.8. The van der Waals surface area contributed by atoms with E-state index in [0.717, 1.165) is 44.7 Å². The van der Waals surface area contributed by atoms with E-state index in [0.29, 0.717) is 12.2 Å². The summed E-state index contributed by atoms with van der Waals surface area (Å²) >= 11 is 0. The summed E-state index contributed by atoms with van der Waals surface area (Å²) in [6, 6.07) is 5.84. The summed E-state index contributed by atoms with van der Waals surface area (Å²) in [7, 11) is 0. The molecule has 148 valence electrons. The molecule has 2 heterocycles. The van der Waals surface area contributed by atoms with Gasteiger partial charge in [-0.3, -0.25) is 9.59 Å². The molecule has 4 fully saturated rings. The quantitative estimate of drug-likeness (QED) is 0.773. The van der Waals surface area contributed by atoms with E-state index in [1.807, 2.05) is 6.07 Å². The van der Waals surface area contributed by atoms with E-state index in [9.17, 15) is 14.7 Å². The third kappa shape index (κ3) is 2.17. The number of aromatic hydroxyl groups is 1. The number of piperidine rings is 1. The summed E-state index contributed by atoms with van der Waals surface area (Å²) in [4.78, 5) is 27.6. The van der Waals surface area contributed by atoms with Gasteiger partial charge in [0.25, 0.3) is 0 Å². The van der Waals surface area contributed by atoms with Gasteiger partial charge in [0.15, 0.2) is 5.78 Å². The molecule has 2 aliphatic heterocycles. The second-order valence-corrected chi connectivity index (χ2v) is 10.2. The molecule has 1 aromatic carbocycles. The van der Waals surface area contributed by atoms with Gasteiger partial charge >= 0.3 is 0 Å². The van der Waals surface area contributed by atoms with Crippen molar-refractivity contribution in [3.63, 3.8) is 0 Å². The topological polar surface area (TPSA) is 69.6 Å². The molecule has 28 heavy (non-hydrogen) atoms. The van der Waals surface area contributed by atoms with Crippen molar-refractivity contribution < 1.29 is 14.7 Å². The Labute approximate surface area is 165 Å². The number of carbonyl (C=O) groups excluding carboxylic acids is 2. The summed E-state index contributed by atoms with van der Waals surface area (Å²) in [5, 5.41) is 13.3. The van der Waals surface area contributed by atoms with Gasteiger partial charge < -0.3 is 15.3 Å². The molecule has 5 heteroatoms. The molecule has 1 amide bonds. The van der Waals surface area contributed by atoms with E-state index >= 15 is 0 Å². The maximum absolute atomic E-state index is 12.9. The third-order valence-corrected chi connectivity index (χ3v) is 8.61. The number of nitrogens with one attached hydrogen (secondary N) is 1. The lowest BCUT2D eigenvalue weighted by atomic mass is 9.49. The van der Waals surface area contributed by atoms with Crippen LogP contribution < -0.4 is 5.32 Å². The average molecular weight is 380 g/mol. The van der Waals surface area contributed by atoms with E-state index in [4.69, 9.17) is 0 Å². The van der Waals surface area contributed by atoms with Crippen molar-refractivity contribution >= 4 is 11.7 Å². The molecular formula is C23H28N2O3. The van der Waals surface area contributed by atoms with Crippen LogP contribution in [0.25, 0.3) is 0 Å². The zero-order valence-corrected chi connectivity index (χ0v) is 16.3. The molecule has 0 bridgehead atoms. The SMILES string of the molecule is O=C1CC(=O)[C@]2(CCC34Cc5ccc(O)cc5[C@@]3(CCN(CC3CC3)C4)C2)N1. The Morgan fingerprint density at radius 2 is 2.04 bits per heavy atom. The third-order valence-electron chi connectivity index (χ3n) is 8.61. The summed E-state index contributed by atoms with van der Waals surface area (Å²) < 4.78 is 0. The van der Waals surface area contributed by atoms with Crippen molar-refractivity contribution in [1.29, 1.82) is 0 Å². The van der Waals surface area contributed by atoms with E-state index in [1.54, 1.807) is 6.07 Å². The van der Waals surface area contributed by atoms with E-state index in [1.165, 1.54) is 30.5 Å². The van der Waals surface area contributed by atoms with Crippen LogP contribution in [0.1, 0.15) is 56.1 Å². The number of nitrogens with zero attached hydrogens (tertiary/aromatic N) is 1. The van der Waals surface area contributed by atoms with Crippen molar-refractivity contribution in [2.75, 3.05) is 19.6 Å². The molecule has 1 unspecified atom stereocenters. The standard InChI is InChI=1S/C23H28N2O3/c26-17-4-3-16-11-21-5-6-23(19(27)10-20(28)24-23)13-22(21,18(16)9-17)7-8-25(14-21)12-15-1-2-15/h3-4,9,15,26H,1-2,5-8,10-14H2,(H,24,28)/t21?,22-,23-/m1/s1. The molecule has 0 radical (unpaired) electrons. The fourth-order valence-corrected chi connectivity index (χ4v) is 7.14. The number of hydrogen-bond acceptors (Lipinski definition) is 4. The predicted molar refractivity (Wildman–Crippen MR) is 104 cm³/mol. The Balaban J connectivity index is 1.44. The fraction of sp³-hybridized carbons (Fsp3) is 0.652. The van der Waals surface area contributed by atoms with Crippen molar-refractivity contribution in [3.8, 4) is 5.75 Å². The number of amides is 1. The first-order chi connectivity index (χ1) is 13.4. The number of rotatable bonds is 2. The number of carbonyl (C=O) groups is 2. The molecule has 5 nitrogen and oxygen atoms in total. The van der Waals surface area contributed by atoms with Crippen LogP contribution in [0, 0.1) is 11.3 Å². The smallest absolute Gasteiger partial charge is 0.228 e. The number of ketones is 1. The van der Waals surface area contributed by atoms with Crippen LogP contribution in [0.3, 0.4) is 0 Å². The second-order valence-electron chi connectivity index (χ2n) is 10.2. The molecule has 5 aliphatic rings. The van der Waals surface area contributed by atoms with Crippen molar-refractivity contribution in [3.05, 3.63) is 29.3 Å². The van der Waals surface area contributed by atoms with E-state index < -0.39 is 5.54 Å². The second kappa shape index (κ2) is 5.38. The molecule has 1 spiro atoms. The number of phenolic OH excluding ortho intramolecular Hbond substituents is 1. The van der Waals surface area contributed by atoms with Gasteiger partial charge in [0.05, 0.1) is 12.0 Å². The summed E-state index contributed by atoms with van der Waals surface area (Å²) in [6.45, 7) is 3.34. The van der Waals surface area contributed by atoms with E-state index in [2.05, 4.69) is 16.3 Å². The molecule has 1 aromatic rings. The highest BCUT2D eigenvalue weighted by atomic mass is 16.3. The Hall–Kier alpha value is -1.88. The van der Waals surface area contributed by atoms with Crippen LogP contribution in [-0.4, -0.2) is 46.9 Å². The monoisotopic (exact) mass is 380 g/mol. The van der Waals surface area contributed by atoms with Crippen LogP contribution in [0.5, 0.6) is 5.75 Å². The number of hydrogen-bond donors (Lipinski definition) is 2. The van der Waals surface area contributed by atoms with Gasteiger partial charge in [0, 0.05) is 18.5 Å². The van der Waals surface area contributed by atoms with Crippen molar-refractivity contribution in [2.45, 2.75) is 62.3 Å². The highest BCUT2D eigenvalue weighted by molar-refractivity contribution is 6.10. The number of likely N-dealkylation sites (tertiary alicyclic amines) is 1. The largest absolute Gasteiger partial charge is 0.508 e. The minimum absolute atomic E-state index is 0.0315. The summed E-state index contributed by atoms with van der Waals surface area (Å²) in [5.74, 6) is 1.15. The van der Waals surface area contributed by atoms with E-state index in [-0.39, 0.29) is 28.9 Å². The minimum Gasteiger partial charge on any atom is -0.508 e. The molecule has 2 N–H and O–H groups in total. The first-order valence-corrected chi connectivity index (χ1v) is 10.8. The predicted octanol–water partition coefficient (Wildman–Crippen LogP) is 2.30. The highest BCUT2D eigenvalue weighted by Crippen LogP contribution is 2.65. The van der Waals surface area contributed by atoms with Gasteiger partial charge in [0.1, 0.15) is 5.75 Å². The molecule has 0 aromatic heterocycles. The van der Waals surface area contributed by atoms with Crippen LogP contribution in [0.15, 0.2) is 18.2 Å². The van der Waals surface area contributed by atoms with Crippen molar-refractivity contribution in [2.24, 2.45) is 11.3 Å². The van der Waals surface area contributed by atoms with Gasteiger partial charge in [0.2, 0.25) is 5.91 Å². The number of fused-ring (bicyclic) bond motifs is 1. The van der Waals surface area contributed by atoms with Crippen LogP contribution in [-0.2, 0) is 21.4 Å². The van der Waals surface area contributed by atoms with Gasteiger partial charge in [-0.2, -0.15) is 0 Å². The maximum Gasteiger partial charge on any atom is 0.228 e.